The highest BCUT2D eigenvalue weighted by atomic mass is 32.2. The second-order valence-corrected chi connectivity index (χ2v) is 9.41. The van der Waals surface area contributed by atoms with Crippen LogP contribution in [0.2, 0.25) is 0 Å². The molecule has 2 atom stereocenters. The maximum atomic E-state index is 12.2. The summed E-state index contributed by atoms with van der Waals surface area (Å²) in [6.07, 6.45) is 5.04. The van der Waals surface area contributed by atoms with Crippen LogP contribution in [-0.4, -0.2) is 27.8 Å². The first-order valence-corrected chi connectivity index (χ1v) is 10.2. The second kappa shape index (κ2) is 7.40. The molecule has 0 spiro atoms. The average molecular weight is 365 g/mol. The standard InChI is InChI=1S/C18H24N2O2S2/c1-10(2)8-22-18(21)12(4)23-16-15-13-6-5-11(3)7-14(13)24-17(15)20-9-19-16/h9-12H,5-8H2,1-4H3/t11-,12-/m0/s1. The number of hydrogen-bond donors (Lipinski definition) is 0. The maximum Gasteiger partial charge on any atom is 0.319 e. The van der Waals surface area contributed by atoms with E-state index in [1.165, 1.54) is 28.6 Å². The van der Waals surface area contributed by atoms with Crippen molar-refractivity contribution in [2.24, 2.45) is 11.8 Å². The lowest BCUT2D eigenvalue weighted by molar-refractivity contribution is -0.143. The second-order valence-electron chi connectivity index (χ2n) is 6.99. The zero-order chi connectivity index (χ0) is 17.3. The van der Waals surface area contributed by atoms with Crippen LogP contribution in [0.25, 0.3) is 10.2 Å². The predicted molar refractivity (Wildman–Crippen MR) is 99.7 cm³/mol. The Bertz CT molecular complexity index is 742. The zero-order valence-corrected chi connectivity index (χ0v) is 16.3. The molecule has 0 unspecified atom stereocenters. The van der Waals surface area contributed by atoms with Gasteiger partial charge in [0.15, 0.2) is 0 Å². The van der Waals surface area contributed by atoms with Crippen LogP contribution in [0, 0.1) is 11.8 Å². The number of ether oxygens (including phenoxy) is 1. The summed E-state index contributed by atoms with van der Waals surface area (Å²) in [5, 5.41) is 1.82. The molecule has 0 saturated carbocycles. The molecule has 0 radical (unpaired) electrons. The summed E-state index contributed by atoms with van der Waals surface area (Å²) in [4.78, 5) is 23.6. The molecule has 0 aliphatic heterocycles. The summed E-state index contributed by atoms with van der Waals surface area (Å²) in [6.45, 7) is 8.74. The minimum Gasteiger partial charge on any atom is -0.465 e. The van der Waals surface area contributed by atoms with Crippen molar-refractivity contribution in [3.8, 4) is 0 Å². The van der Waals surface area contributed by atoms with Gasteiger partial charge in [-0.2, -0.15) is 0 Å². The maximum absolute atomic E-state index is 12.2. The summed E-state index contributed by atoms with van der Waals surface area (Å²) in [7, 11) is 0. The van der Waals surface area contributed by atoms with Crippen LogP contribution in [0.3, 0.4) is 0 Å². The molecule has 0 saturated heterocycles. The molecule has 6 heteroatoms. The molecule has 1 aliphatic rings. The number of rotatable bonds is 5. The molecule has 0 fully saturated rings. The first-order valence-electron chi connectivity index (χ1n) is 8.54. The summed E-state index contributed by atoms with van der Waals surface area (Å²) < 4.78 is 5.36. The Morgan fingerprint density at radius 1 is 1.42 bits per heavy atom. The van der Waals surface area contributed by atoms with Gasteiger partial charge in [0.2, 0.25) is 0 Å². The zero-order valence-electron chi connectivity index (χ0n) is 14.7. The minimum atomic E-state index is -0.264. The van der Waals surface area contributed by atoms with E-state index in [4.69, 9.17) is 4.74 Å². The van der Waals surface area contributed by atoms with E-state index in [0.29, 0.717) is 12.5 Å². The topological polar surface area (TPSA) is 52.1 Å². The van der Waals surface area contributed by atoms with Gasteiger partial charge in [-0.15, -0.1) is 11.3 Å². The van der Waals surface area contributed by atoms with Gasteiger partial charge in [-0.1, -0.05) is 32.5 Å². The Morgan fingerprint density at radius 2 is 2.21 bits per heavy atom. The van der Waals surface area contributed by atoms with Crippen molar-refractivity contribution in [2.75, 3.05) is 6.61 Å². The van der Waals surface area contributed by atoms with Crippen molar-refractivity contribution < 1.29 is 9.53 Å². The van der Waals surface area contributed by atoms with E-state index in [2.05, 4.69) is 16.9 Å². The summed E-state index contributed by atoms with van der Waals surface area (Å²) >= 11 is 3.28. The monoisotopic (exact) mass is 364 g/mol. The number of fused-ring (bicyclic) bond motifs is 3. The molecule has 4 nitrogen and oxygen atoms in total. The molecule has 0 bridgehead atoms. The van der Waals surface area contributed by atoms with Crippen molar-refractivity contribution >= 4 is 39.3 Å². The summed E-state index contributed by atoms with van der Waals surface area (Å²) in [5.41, 5.74) is 1.40. The van der Waals surface area contributed by atoms with E-state index in [0.717, 1.165) is 34.0 Å². The number of hydrogen-bond acceptors (Lipinski definition) is 6. The van der Waals surface area contributed by atoms with Crippen molar-refractivity contribution in [2.45, 2.75) is 57.2 Å². The highest BCUT2D eigenvalue weighted by Crippen LogP contribution is 2.41. The fraction of sp³-hybridized carbons (Fsp3) is 0.611. The lowest BCUT2D eigenvalue weighted by Gasteiger charge is -2.18. The van der Waals surface area contributed by atoms with Gasteiger partial charge in [-0.05, 0) is 43.6 Å². The number of nitrogens with zero attached hydrogens (tertiary/aromatic N) is 2. The fourth-order valence-corrected chi connectivity index (χ4v) is 5.28. The highest BCUT2D eigenvalue weighted by molar-refractivity contribution is 8.00. The number of thiophene rings is 1. The summed E-state index contributed by atoms with van der Waals surface area (Å²) in [5.74, 6) is 0.917. The predicted octanol–water partition coefficient (Wildman–Crippen LogP) is 4.50. The van der Waals surface area contributed by atoms with Crippen molar-refractivity contribution in [1.82, 2.24) is 9.97 Å². The van der Waals surface area contributed by atoms with Gasteiger partial charge in [0.1, 0.15) is 21.4 Å². The molecular formula is C18H24N2O2S2. The van der Waals surface area contributed by atoms with E-state index >= 15 is 0 Å². The largest absolute Gasteiger partial charge is 0.465 e. The van der Waals surface area contributed by atoms with Gasteiger partial charge >= 0.3 is 5.97 Å². The Kier molecular flexibility index (Phi) is 5.45. The van der Waals surface area contributed by atoms with Crippen LogP contribution in [0.4, 0.5) is 0 Å². The molecule has 0 N–H and O–H groups in total. The third-order valence-corrected chi connectivity index (χ3v) is 6.48. The minimum absolute atomic E-state index is 0.168. The number of thioether (sulfide) groups is 1. The molecule has 2 heterocycles. The lowest BCUT2D eigenvalue weighted by Crippen LogP contribution is -2.19. The Labute approximate surface area is 151 Å². The Balaban J connectivity index is 1.83. The smallest absolute Gasteiger partial charge is 0.319 e. The first kappa shape index (κ1) is 17.7. The van der Waals surface area contributed by atoms with Gasteiger partial charge in [-0.25, -0.2) is 9.97 Å². The van der Waals surface area contributed by atoms with E-state index in [1.807, 2.05) is 20.8 Å². The van der Waals surface area contributed by atoms with Crippen molar-refractivity contribution in [3.05, 3.63) is 16.8 Å². The molecule has 2 aromatic rings. The number of carbonyl (C=O) groups is 1. The van der Waals surface area contributed by atoms with Crippen LogP contribution < -0.4 is 0 Å². The normalized spacial score (nSPS) is 18.6. The first-order chi connectivity index (χ1) is 11.5. The van der Waals surface area contributed by atoms with Crippen LogP contribution in [0.5, 0.6) is 0 Å². The van der Waals surface area contributed by atoms with E-state index in [1.54, 1.807) is 17.7 Å². The molecule has 0 aromatic carbocycles. The van der Waals surface area contributed by atoms with E-state index < -0.39 is 0 Å². The Morgan fingerprint density at radius 3 is 2.96 bits per heavy atom. The average Bonchev–Trinajstić information content (AvgIpc) is 2.90. The van der Waals surface area contributed by atoms with Gasteiger partial charge in [0.25, 0.3) is 0 Å². The summed E-state index contributed by atoms with van der Waals surface area (Å²) in [6, 6.07) is 0. The van der Waals surface area contributed by atoms with E-state index in [-0.39, 0.29) is 11.2 Å². The number of aryl methyl sites for hydroxylation is 1. The SMILES string of the molecule is CC(C)COC(=O)[C@H](C)Sc1ncnc2sc3c(c12)CC[C@H](C)C3. The van der Waals surface area contributed by atoms with Gasteiger partial charge in [0.05, 0.1) is 6.61 Å². The molecule has 24 heavy (non-hydrogen) atoms. The molecule has 3 rings (SSSR count). The third kappa shape index (κ3) is 3.75. The molecule has 0 amide bonds. The van der Waals surface area contributed by atoms with Crippen LogP contribution in [0.15, 0.2) is 11.4 Å². The van der Waals surface area contributed by atoms with Crippen molar-refractivity contribution in [3.63, 3.8) is 0 Å². The number of aromatic nitrogens is 2. The van der Waals surface area contributed by atoms with E-state index in [9.17, 15) is 4.79 Å². The van der Waals surface area contributed by atoms with Gasteiger partial charge in [-0.3, -0.25) is 4.79 Å². The van der Waals surface area contributed by atoms with Crippen LogP contribution >= 0.6 is 23.1 Å². The highest BCUT2D eigenvalue weighted by Gasteiger charge is 2.25. The third-order valence-electron chi connectivity index (χ3n) is 4.24. The molecule has 2 aromatic heterocycles. The molecular weight excluding hydrogens is 340 g/mol. The molecule has 1 aliphatic carbocycles. The number of esters is 1. The number of carbonyl (C=O) groups excluding carboxylic acids is 1. The fourth-order valence-electron chi connectivity index (χ4n) is 2.92. The molecule has 130 valence electrons. The van der Waals surface area contributed by atoms with Gasteiger partial charge < -0.3 is 4.74 Å². The quantitative estimate of drug-likeness (QED) is 0.444. The lowest BCUT2D eigenvalue weighted by atomic mass is 9.89. The Hall–Kier alpha value is -1.14. The van der Waals surface area contributed by atoms with Crippen LogP contribution in [0.1, 0.15) is 44.6 Å². The van der Waals surface area contributed by atoms with Crippen molar-refractivity contribution in [1.29, 1.82) is 0 Å². The van der Waals surface area contributed by atoms with Crippen LogP contribution in [-0.2, 0) is 22.4 Å². The van der Waals surface area contributed by atoms with Gasteiger partial charge in [0, 0.05) is 10.3 Å².